The Morgan fingerprint density at radius 1 is 1.42 bits per heavy atom. The summed E-state index contributed by atoms with van der Waals surface area (Å²) < 4.78 is 0. The van der Waals surface area contributed by atoms with Crippen molar-refractivity contribution in [2.45, 2.75) is 46.1 Å². The van der Waals surface area contributed by atoms with E-state index in [1.165, 1.54) is 6.42 Å². The maximum Gasteiger partial charge on any atom is 0.253 e. The molecule has 4 heteroatoms. The number of anilines is 1. The summed E-state index contributed by atoms with van der Waals surface area (Å²) in [5.74, 6) is 0.859. The van der Waals surface area contributed by atoms with Gasteiger partial charge in [0.15, 0.2) is 0 Å². The van der Waals surface area contributed by atoms with Crippen LogP contribution in [0.25, 0.3) is 0 Å². The third-order valence-corrected chi connectivity index (χ3v) is 3.24. The van der Waals surface area contributed by atoms with Crippen LogP contribution < -0.4 is 10.2 Å². The maximum absolute atomic E-state index is 11.9. The van der Waals surface area contributed by atoms with Crippen molar-refractivity contribution >= 4 is 11.7 Å². The van der Waals surface area contributed by atoms with Crippen LogP contribution in [0.5, 0.6) is 0 Å². The average molecular weight is 263 g/mol. The summed E-state index contributed by atoms with van der Waals surface area (Å²) >= 11 is 0. The van der Waals surface area contributed by atoms with E-state index in [0.29, 0.717) is 5.56 Å². The molecule has 19 heavy (non-hydrogen) atoms. The molecule has 0 bridgehead atoms. The van der Waals surface area contributed by atoms with Crippen LogP contribution in [0.4, 0.5) is 5.82 Å². The highest BCUT2D eigenvalue weighted by Gasteiger charge is 2.09. The quantitative estimate of drug-likeness (QED) is 0.822. The molecular weight excluding hydrogens is 238 g/mol. The molecule has 1 rings (SSSR count). The fourth-order valence-electron chi connectivity index (χ4n) is 1.67. The van der Waals surface area contributed by atoms with Gasteiger partial charge in [-0.2, -0.15) is 0 Å². The minimum Gasteiger partial charge on any atom is -0.360 e. The van der Waals surface area contributed by atoms with Gasteiger partial charge in [-0.25, -0.2) is 4.98 Å². The van der Waals surface area contributed by atoms with E-state index in [-0.39, 0.29) is 11.9 Å². The molecule has 1 aromatic rings. The number of amides is 1. The van der Waals surface area contributed by atoms with Gasteiger partial charge in [0.05, 0.1) is 5.56 Å². The highest BCUT2D eigenvalue weighted by atomic mass is 16.1. The highest BCUT2D eigenvalue weighted by molar-refractivity contribution is 5.94. The topological polar surface area (TPSA) is 45.2 Å². The van der Waals surface area contributed by atoms with Gasteiger partial charge in [-0.15, -0.1) is 0 Å². The van der Waals surface area contributed by atoms with Crippen molar-refractivity contribution in [3.8, 4) is 0 Å². The van der Waals surface area contributed by atoms with Gasteiger partial charge in [-0.05, 0) is 31.9 Å². The molecule has 1 amide bonds. The van der Waals surface area contributed by atoms with Gasteiger partial charge in [0, 0.05) is 25.8 Å². The minimum atomic E-state index is -0.0513. The Balaban J connectivity index is 2.62. The first-order valence-corrected chi connectivity index (χ1v) is 7.06. The van der Waals surface area contributed by atoms with Crippen LogP contribution in [0.15, 0.2) is 18.3 Å². The molecule has 1 N–H and O–H groups in total. The van der Waals surface area contributed by atoms with Crippen LogP contribution >= 0.6 is 0 Å². The molecule has 0 aromatic carbocycles. The number of rotatable bonds is 7. The van der Waals surface area contributed by atoms with Gasteiger partial charge in [0.2, 0.25) is 0 Å². The molecule has 0 fully saturated rings. The predicted octanol–water partition coefficient (Wildman–Crippen LogP) is 2.85. The average Bonchev–Trinajstić information content (AvgIpc) is 2.44. The number of carbonyl (C=O) groups is 1. The van der Waals surface area contributed by atoms with E-state index in [2.05, 4.69) is 29.0 Å². The van der Waals surface area contributed by atoms with Gasteiger partial charge >= 0.3 is 0 Å². The van der Waals surface area contributed by atoms with Gasteiger partial charge < -0.3 is 10.2 Å². The molecule has 106 valence electrons. The Morgan fingerprint density at radius 3 is 2.68 bits per heavy atom. The molecule has 0 aliphatic heterocycles. The van der Waals surface area contributed by atoms with Crippen LogP contribution in [0.3, 0.4) is 0 Å². The second kappa shape index (κ2) is 7.77. The lowest BCUT2D eigenvalue weighted by Crippen LogP contribution is -2.32. The van der Waals surface area contributed by atoms with Crippen LogP contribution in [0, 0.1) is 0 Å². The van der Waals surface area contributed by atoms with Crippen LogP contribution in [-0.4, -0.2) is 30.5 Å². The lowest BCUT2D eigenvalue weighted by atomic mass is 10.2. The van der Waals surface area contributed by atoms with Crippen molar-refractivity contribution in [1.29, 1.82) is 0 Å². The van der Waals surface area contributed by atoms with E-state index in [0.717, 1.165) is 25.2 Å². The summed E-state index contributed by atoms with van der Waals surface area (Å²) in [5, 5.41) is 2.94. The fourth-order valence-corrected chi connectivity index (χ4v) is 1.67. The first-order chi connectivity index (χ1) is 9.08. The molecule has 0 saturated heterocycles. The van der Waals surface area contributed by atoms with E-state index < -0.39 is 0 Å². The number of pyridine rings is 1. The number of nitrogens with one attached hydrogen (secondary N) is 1. The molecule has 0 aliphatic rings. The van der Waals surface area contributed by atoms with Crippen molar-refractivity contribution in [3.63, 3.8) is 0 Å². The Morgan fingerprint density at radius 2 is 2.16 bits per heavy atom. The zero-order chi connectivity index (χ0) is 14.3. The molecule has 0 saturated carbocycles. The number of hydrogen-bond acceptors (Lipinski definition) is 3. The molecule has 0 spiro atoms. The second-order valence-corrected chi connectivity index (χ2v) is 4.96. The van der Waals surface area contributed by atoms with Crippen molar-refractivity contribution < 1.29 is 4.79 Å². The summed E-state index contributed by atoms with van der Waals surface area (Å²) in [5.41, 5.74) is 0.618. The third-order valence-electron chi connectivity index (χ3n) is 3.24. The summed E-state index contributed by atoms with van der Waals surface area (Å²) in [4.78, 5) is 18.4. The maximum atomic E-state index is 11.9. The summed E-state index contributed by atoms with van der Waals surface area (Å²) in [6.45, 7) is 7.21. The largest absolute Gasteiger partial charge is 0.360 e. The van der Waals surface area contributed by atoms with Gasteiger partial charge in [-0.3, -0.25) is 4.79 Å². The van der Waals surface area contributed by atoms with Crippen molar-refractivity contribution in [2.24, 2.45) is 0 Å². The van der Waals surface area contributed by atoms with E-state index in [4.69, 9.17) is 0 Å². The van der Waals surface area contributed by atoms with E-state index in [9.17, 15) is 4.79 Å². The minimum absolute atomic E-state index is 0.0513. The van der Waals surface area contributed by atoms with Crippen LogP contribution in [0.1, 0.15) is 50.4 Å². The zero-order valence-electron chi connectivity index (χ0n) is 12.4. The second-order valence-electron chi connectivity index (χ2n) is 4.96. The molecule has 1 unspecified atom stereocenters. The number of hydrogen-bond donors (Lipinski definition) is 1. The molecule has 0 aliphatic carbocycles. The summed E-state index contributed by atoms with van der Waals surface area (Å²) in [7, 11) is 2.02. The molecular formula is C15H25N3O. The number of carbonyl (C=O) groups excluding carboxylic acids is 1. The molecule has 4 nitrogen and oxygen atoms in total. The number of aromatic nitrogens is 1. The Labute approximate surface area is 116 Å². The SMILES string of the molecule is CCCCN(C)c1ccc(C(=O)NC(C)CC)cn1. The lowest BCUT2D eigenvalue weighted by molar-refractivity contribution is 0.0939. The first kappa shape index (κ1) is 15.5. The van der Waals surface area contributed by atoms with Gasteiger partial charge in [-0.1, -0.05) is 20.3 Å². The Bertz CT molecular complexity index is 389. The predicted molar refractivity (Wildman–Crippen MR) is 79.6 cm³/mol. The zero-order valence-corrected chi connectivity index (χ0v) is 12.4. The van der Waals surface area contributed by atoms with Crippen LogP contribution in [-0.2, 0) is 0 Å². The Kier molecular flexibility index (Phi) is 6.33. The van der Waals surface area contributed by atoms with Gasteiger partial charge in [0.1, 0.15) is 5.82 Å². The summed E-state index contributed by atoms with van der Waals surface area (Å²) in [6, 6.07) is 3.93. The molecule has 1 heterocycles. The van der Waals surface area contributed by atoms with Gasteiger partial charge in [0.25, 0.3) is 5.91 Å². The fraction of sp³-hybridized carbons (Fsp3) is 0.600. The summed E-state index contributed by atoms with van der Waals surface area (Å²) in [6.07, 6.45) is 4.89. The van der Waals surface area contributed by atoms with E-state index in [1.807, 2.05) is 26.1 Å². The third kappa shape index (κ3) is 4.89. The van der Waals surface area contributed by atoms with Crippen LogP contribution in [0.2, 0.25) is 0 Å². The lowest BCUT2D eigenvalue weighted by Gasteiger charge is -2.18. The first-order valence-electron chi connectivity index (χ1n) is 7.06. The van der Waals surface area contributed by atoms with Crippen molar-refractivity contribution in [3.05, 3.63) is 23.9 Å². The number of unbranched alkanes of at least 4 members (excludes halogenated alkanes) is 1. The smallest absolute Gasteiger partial charge is 0.253 e. The standard InChI is InChI=1S/C15H25N3O/c1-5-7-10-18(4)14-9-8-13(11-16-14)15(19)17-12(3)6-2/h8-9,11-12H,5-7,10H2,1-4H3,(H,17,19). The van der Waals surface area contributed by atoms with Crippen molar-refractivity contribution in [2.75, 3.05) is 18.5 Å². The monoisotopic (exact) mass is 263 g/mol. The Hall–Kier alpha value is -1.58. The highest BCUT2D eigenvalue weighted by Crippen LogP contribution is 2.10. The van der Waals surface area contributed by atoms with E-state index >= 15 is 0 Å². The molecule has 1 aromatic heterocycles. The van der Waals surface area contributed by atoms with Crippen molar-refractivity contribution in [1.82, 2.24) is 10.3 Å². The van der Waals surface area contributed by atoms with E-state index in [1.54, 1.807) is 6.20 Å². The number of nitrogens with zero attached hydrogens (tertiary/aromatic N) is 2. The molecule has 0 radical (unpaired) electrons. The molecule has 1 atom stereocenters. The normalized spacial score (nSPS) is 12.0.